The molecule has 54 heavy (non-hydrogen) atoms. The highest BCUT2D eigenvalue weighted by Gasteiger charge is 2.58. The predicted octanol–water partition coefficient (Wildman–Crippen LogP) is 14.6. The Kier molecular flexibility index (Phi) is 5.89. The zero-order valence-electron chi connectivity index (χ0n) is 30.4. The Morgan fingerprint density at radius 1 is 0.296 bits per heavy atom. The van der Waals surface area contributed by atoms with Gasteiger partial charge in [-0.05, 0) is 178 Å². The van der Waals surface area contributed by atoms with E-state index in [2.05, 4.69) is 158 Å². The largest absolute Gasteiger partial charge is 0.0610 e. The Morgan fingerprint density at radius 2 is 0.611 bits per heavy atom. The number of benzene rings is 10. The van der Waals surface area contributed by atoms with Gasteiger partial charge in [0, 0.05) is 5.41 Å². The first-order valence-electron chi connectivity index (χ1n) is 20.2. The lowest BCUT2D eigenvalue weighted by Crippen LogP contribution is -2.56. The molecule has 0 heterocycles. The molecule has 0 unspecified atom stereocenters. The maximum atomic E-state index is 2.52. The van der Waals surface area contributed by atoms with E-state index < -0.39 is 0 Å². The van der Waals surface area contributed by atoms with Crippen molar-refractivity contribution in [2.75, 3.05) is 0 Å². The van der Waals surface area contributed by atoms with Crippen molar-refractivity contribution >= 4 is 64.6 Å². The van der Waals surface area contributed by atoms with Crippen LogP contribution in [0.1, 0.15) is 43.2 Å². The molecule has 0 amide bonds. The number of rotatable bonds is 4. The van der Waals surface area contributed by atoms with Crippen LogP contribution in [0.3, 0.4) is 0 Å². The zero-order valence-corrected chi connectivity index (χ0v) is 30.4. The molecule has 0 radical (unpaired) electrons. The topological polar surface area (TPSA) is 0 Å². The standard InChI is InChI=1S/C54H40/c1-3-36-7-11-40-28-44(29-41-12-8-37(4-1)50(36)52(40)41)34-15-19-46(20-16-34)54(48-24-32-23-33(26-48)27-49(54)25-32)47-21-17-35(18-22-47)45-30-42-13-9-38-5-2-6-39-10-14-43(31-45)53(42)51(38)39/h1-22,28-33,48-49H,23-27H2. The third-order valence-corrected chi connectivity index (χ3v) is 14.7. The Morgan fingerprint density at radius 3 is 0.963 bits per heavy atom. The van der Waals surface area contributed by atoms with Gasteiger partial charge in [0.25, 0.3) is 0 Å². The van der Waals surface area contributed by atoms with Gasteiger partial charge in [0.2, 0.25) is 0 Å². The summed E-state index contributed by atoms with van der Waals surface area (Å²) in [7, 11) is 0. The van der Waals surface area contributed by atoms with E-state index in [0.717, 1.165) is 11.8 Å². The maximum absolute atomic E-state index is 2.52. The summed E-state index contributed by atoms with van der Waals surface area (Å²) in [6.07, 6.45) is 6.98. The van der Waals surface area contributed by atoms with Crippen LogP contribution < -0.4 is 0 Å². The highest BCUT2D eigenvalue weighted by molar-refractivity contribution is 6.24. The van der Waals surface area contributed by atoms with Gasteiger partial charge in [-0.2, -0.15) is 0 Å². The van der Waals surface area contributed by atoms with Gasteiger partial charge in [-0.25, -0.2) is 0 Å². The van der Waals surface area contributed by atoms with E-state index >= 15 is 0 Å². The predicted molar refractivity (Wildman–Crippen MR) is 229 cm³/mol. The average molecular weight is 689 g/mol. The van der Waals surface area contributed by atoms with Crippen molar-refractivity contribution in [2.24, 2.45) is 23.7 Å². The molecule has 10 aromatic carbocycles. The molecule has 14 rings (SSSR count). The third-order valence-electron chi connectivity index (χ3n) is 14.7. The molecule has 0 saturated heterocycles. The van der Waals surface area contributed by atoms with Crippen LogP contribution in [0, 0.1) is 23.7 Å². The van der Waals surface area contributed by atoms with E-state index in [0.29, 0.717) is 11.8 Å². The Bertz CT molecular complexity index is 2740. The first kappa shape index (κ1) is 29.7. The van der Waals surface area contributed by atoms with Crippen LogP contribution in [-0.2, 0) is 5.41 Å². The van der Waals surface area contributed by atoms with E-state index in [9.17, 15) is 0 Å². The van der Waals surface area contributed by atoms with Crippen LogP contribution >= 0.6 is 0 Å². The fourth-order valence-electron chi connectivity index (χ4n) is 12.8. The summed E-state index contributed by atoms with van der Waals surface area (Å²) in [6, 6.07) is 61.3. The van der Waals surface area contributed by atoms with Gasteiger partial charge in [0.15, 0.2) is 0 Å². The molecule has 10 aromatic rings. The van der Waals surface area contributed by atoms with E-state index in [-0.39, 0.29) is 5.41 Å². The normalized spacial score (nSPS) is 21.9. The number of hydrogen-bond acceptors (Lipinski definition) is 0. The monoisotopic (exact) mass is 688 g/mol. The highest BCUT2D eigenvalue weighted by atomic mass is 14.6. The van der Waals surface area contributed by atoms with E-state index in [4.69, 9.17) is 0 Å². The van der Waals surface area contributed by atoms with Gasteiger partial charge in [-0.1, -0.05) is 133 Å². The Balaban J connectivity index is 0.913. The van der Waals surface area contributed by atoms with Gasteiger partial charge in [-0.3, -0.25) is 0 Å². The van der Waals surface area contributed by atoms with E-state index in [1.54, 1.807) is 0 Å². The summed E-state index contributed by atoms with van der Waals surface area (Å²) in [4.78, 5) is 0. The minimum Gasteiger partial charge on any atom is -0.0610 e. The van der Waals surface area contributed by atoms with Crippen molar-refractivity contribution in [3.63, 3.8) is 0 Å². The van der Waals surface area contributed by atoms with Crippen LogP contribution in [0.4, 0.5) is 0 Å². The van der Waals surface area contributed by atoms with Crippen molar-refractivity contribution < 1.29 is 0 Å². The van der Waals surface area contributed by atoms with Crippen LogP contribution in [0.2, 0.25) is 0 Å². The van der Waals surface area contributed by atoms with E-state index in [1.807, 2.05) is 0 Å². The summed E-state index contributed by atoms with van der Waals surface area (Å²) in [5, 5.41) is 16.2. The van der Waals surface area contributed by atoms with Crippen LogP contribution in [0.5, 0.6) is 0 Å². The van der Waals surface area contributed by atoms with E-state index in [1.165, 1.54) is 130 Å². The molecular formula is C54H40. The minimum atomic E-state index is 0.0747. The fourth-order valence-corrected chi connectivity index (χ4v) is 12.8. The molecule has 0 spiro atoms. The van der Waals surface area contributed by atoms with Crippen LogP contribution in [-0.4, -0.2) is 0 Å². The zero-order chi connectivity index (χ0) is 35.1. The molecule has 0 heteroatoms. The quantitative estimate of drug-likeness (QED) is 0.161. The van der Waals surface area contributed by atoms with Gasteiger partial charge in [-0.15, -0.1) is 0 Å². The van der Waals surface area contributed by atoms with Crippen molar-refractivity contribution in [1.29, 1.82) is 0 Å². The maximum Gasteiger partial charge on any atom is 0.0259 e. The smallest absolute Gasteiger partial charge is 0.0259 e. The second-order valence-corrected chi connectivity index (χ2v) is 17.3. The molecule has 0 N–H and O–H groups in total. The van der Waals surface area contributed by atoms with Crippen LogP contribution in [0.15, 0.2) is 158 Å². The molecule has 4 aliphatic carbocycles. The third kappa shape index (κ3) is 3.99. The first-order valence-corrected chi connectivity index (χ1v) is 20.2. The lowest BCUT2D eigenvalue weighted by atomic mass is 9.42. The lowest BCUT2D eigenvalue weighted by molar-refractivity contribution is -0.0418. The molecule has 0 aliphatic heterocycles. The summed E-state index contributed by atoms with van der Waals surface area (Å²) >= 11 is 0. The van der Waals surface area contributed by atoms with Crippen molar-refractivity contribution in [3.8, 4) is 22.3 Å². The first-order chi connectivity index (χ1) is 26.7. The molecule has 256 valence electrons. The summed E-state index contributed by atoms with van der Waals surface area (Å²) < 4.78 is 0. The highest BCUT2D eigenvalue weighted by Crippen LogP contribution is 2.65. The molecule has 0 aromatic heterocycles. The SMILES string of the molecule is c1cc2ccc3cc(-c4ccc(C5(c6ccc(-c7cc8ccc9cccc%10ccc(c7)c8c9%10)cc6)C6CC7CC(C6)CC5C7)cc4)cc4ccc(c1)c2c34. The van der Waals surface area contributed by atoms with Crippen molar-refractivity contribution in [2.45, 2.75) is 37.5 Å². The second-order valence-electron chi connectivity index (χ2n) is 17.3. The van der Waals surface area contributed by atoms with Crippen LogP contribution in [0.25, 0.3) is 86.9 Å². The van der Waals surface area contributed by atoms with Gasteiger partial charge < -0.3 is 0 Å². The molecule has 0 atom stereocenters. The molecular weight excluding hydrogens is 649 g/mol. The van der Waals surface area contributed by atoms with Crippen molar-refractivity contribution in [1.82, 2.24) is 0 Å². The van der Waals surface area contributed by atoms with Gasteiger partial charge in [0.05, 0.1) is 0 Å². The summed E-state index contributed by atoms with van der Waals surface area (Å²) in [6.45, 7) is 0. The molecule has 4 fully saturated rings. The molecule has 4 saturated carbocycles. The van der Waals surface area contributed by atoms with Crippen molar-refractivity contribution in [3.05, 3.63) is 169 Å². The second kappa shape index (κ2) is 10.7. The minimum absolute atomic E-state index is 0.0747. The fraction of sp³-hybridized carbons (Fsp3) is 0.185. The van der Waals surface area contributed by atoms with Gasteiger partial charge in [0.1, 0.15) is 0 Å². The number of hydrogen-bond donors (Lipinski definition) is 0. The lowest BCUT2D eigenvalue weighted by Gasteiger charge is -2.62. The molecule has 0 nitrogen and oxygen atoms in total. The molecule has 4 bridgehead atoms. The Labute approximate surface area is 315 Å². The Hall–Kier alpha value is -5.72. The average Bonchev–Trinajstić information content (AvgIpc) is 3.22. The van der Waals surface area contributed by atoms with Gasteiger partial charge >= 0.3 is 0 Å². The summed E-state index contributed by atoms with van der Waals surface area (Å²) in [5.41, 5.74) is 8.39. The summed E-state index contributed by atoms with van der Waals surface area (Å²) in [5.74, 6) is 3.25. The molecule has 4 aliphatic rings.